The summed E-state index contributed by atoms with van der Waals surface area (Å²) in [4.78, 5) is 13.7. The molecule has 0 heterocycles. The summed E-state index contributed by atoms with van der Waals surface area (Å²) in [7, 11) is 2.11. The molecule has 1 aliphatic carbocycles. The Morgan fingerprint density at radius 2 is 1.94 bits per heavy atom. The van der Waals surface area contributed by atoms with Gasteiger partial charge >= 0.3 is 0 Å². The quantitative estimate of drug-likeness (QED) is 0.732. The van der Waals surface area contributed by atoms with Crippen molar-refractivity contribution in [1.29, 1.82) is 0 Å². The highest BCUT2D eigenvalue weighted by molar-refractivity contribution is 5.80. The molecule has 3 N–H and O–H groups in total. The van der Waals surface area contributed by atoms with Crippen LogP contribution in [0.15, 0.2) is 0 Å². The first-order valence-corrected chi connectivity index (χ1v) is 6.76. The molecule has 100 valence electrons. The lowest BCUT2D eigenvalue weighted by molar-refractivity contribution is -0.120. The summed E-state index contributed by atoms with van der Waals surface area (Å²) in [6.07, 6.45) is 6.49. The molecule has 0 aliphatic heterocycles. The first kappa shape index (κ1) is 14.5. The fourth-order valence-corrected chi connectivity index (χ4v) is 2.59. The van der Waals surface area contributed by atoms with Gasteiger partial charge in [0.05, 0.1) is 6.04 Å². The molecule has 1 atom stereocenters. The van der Waals surface area contributed by atoms with Gasteiger partial charge in [0.25, 0.3) is 0 Å². The topological polar surface area (TPSA) is 58.4 Å². The van der Waals surface area contributed by atoms with Crippen LogP contribution in [0.3, 0.4) is 0 Å². The molecule has 1 saturated carbocycles. The number of likely N-dealkylation sites (N-methyl/N-ethyl adjacent to an activating group) is 1. The molecule has 4 nitrogen and oxygen atoms in total. The van der Waals surface area contributed by atoms with Crippen molar-refractivity contribution in [3.05, 3.63) is 0 Å². The van der Waals surface area contributed by atoms with Gasteiger partial charge in [-0.05, 0) is 19.9 Å². The number of hydrogen-bond donors (Lipinski definition) is 2. The van der Waals surface area contributed by atoms with Gasteiger partial charge in [-0.2, -0.15) is 0 Å². The van der Waals surface area contributed by atoms with Gasteiger partial charge in [0.2, 0.25) is 5.91 Å². The van der Waals surface area contributed by atoms with Crippen molar-refractivity contribution in [3.8, 4) is 0 Å². The summed E-state index contributed by atoms with van der Waals surface area (Å²) in [5.41, 5.74) is 5.43. The Balaban J connectivity index is 2.44. The standard InChI is InChI=1S/C13H27N3O/c1-10(2)15-12(13(14)17)9-16(3)11-7-5-4-6-8-11/h10-12,15H,4-9H2,1-3H3,(H2,14,17). The third-order valence-electron chi connectivity index (χ3n) is 3.55. The van der Waals surface area contributed by atoms with E-state index in [9.17, 15) is 4.79 Å². The van der Waals surface area contributed by atoms with E-state index < -0.39 is 0 Å². The first-order chi connectivity index (χ1) is 8.00. The summed E-state index contributed by atoms with van der Waals surface area (Å²) in [5, 5.41) is 3.23. The molecule has 0 bridgehead atoms. The lowest BCUT2D eigenvalue weighted by Gasteiger charge is -2.33. The van der Waals surface area contributed by atoms with E-state index in [1.807, 2.05) is 13.8 Å². The fourth-order valence-electron chi connectivity index (χ4n) is 2.59. The molecule has 1 fully saturated rings. The van der Waals surface area contributed by atoms with E-state index in [0.717, 1.165) is 6.54 Å². The summed E-state index contributed by atoms with van der Waals surface area (Å²) < 4.78 is 0. The average Bonchev–Trinajstić information content (AvgIpc) is 2.28. The van der Waals surface area contributed by atoms with Gasteiger partial charge in [0.15, 0.2) is 0 Å². The van der Waals surface area contributed by atoms with Crippen molar-refractivity contribution in [3.63, 3.8) is 0 Å². The molecule has 17 heavy (non-hydrogen) atoms. The number of primary amides is 1. The second-order valence-corrected chi connectivity index (χ2v) is 5.51. The van der Waals surface area contributed by atoms with Crippen LogP contribution in [0.25, 0.3) is 0 Å². The van der Waals surface area contributed by atoms with Crippen LogP contribution in [-0.2, 0) is 4.79 Å². The SMILES string of the molecule is CC(C)NC(CN(C)C1CCCCC1)C(N)=O. The predicted molar refractivity (Wildman–Crippen MR) is 70.8 cm³/mol. The van der Waals surface area contributed by atoms with Crippen LogP contribution in [0.5, 0.6) is 0 Å². The Morgan fingerprint density at radius 3 is 2.41 bits per heavy atom. The van der Waals surface area contributed by atoms with E-state index in [-0.39, 0.29) is 18.0 Å². The van der Waals surface area contributed by atoms with Crippen LogP contribution in [0.2, 0.25) is 0 Å². The lowest BCUT2D eigenvalue weighted by Crippen LogP contribution is -2.52. The number of hydrogen-bond acceptors (Lipinski definition) is 3. The van der Waals surface area contributed by atoms with E-state index in [1.54, 1.807) is 0 Å². The monoisotopic (exact) mass is 241 g/mol. The second kappa shape index (κ2) is 6.97. The molecule has 0 aromatic rings. The minimum Gasteiger partial charge on any atom is -0.368 e. The van der Waals surface area contributed by atoms with E-state index >= 15 is 0 Å². The minimum atomic E-state index is -0.249. The van der Waals surface area contributed by atoms with Gasteiger partial charge in [0, 0.05) is 18.6 Å². The van der Waals surface area contributed by atoms with Gasteiger partial charge in [-0.15, -0.1) is 0 Å². The van der Waals surface area contributed by atoms with Crippen molar-refractivity contribution in [2.45, 2.75) is 64.1 Å². The number of carbonyl (C=O) groups is 1. The highest BCUT2D eigenvalue weighted by atomic mass is 16.1. The van der Waals surface area contributed by atoms with E-state index in [4.69, 9.17) is 5.73 Å². The zero-order chi connectivity index (χ0) is 12.8. The van der Waals surface area contributed by atoms with Gasteiger partial charge in [-0.1, -0.05) is 33.1 Å². The molecule has 1 rings (SSSR count). The zero-order valence-electron chi connectivity index (χ0n) is 11.4. The number of rotatable bonds is 6. The smallest absolute Gasteiger partial charge is 0.235 e. The lowest BCUT2D eigenvalue weighted by atomic mass is 9.94. The number of amides is 1. The Bertz CT molecular complexity index is 237. The van der Waals surface area contributed by atoms with Crippen molar-refractivity contribution >= 4 is 5.91 Å². The molecule has 0 saturated heterocycles. The van der Waals surface area contributed by atoms with Gasteiger partial charge < -0.3 is 16.0 Å². The highest BCUT2D eigenvalue weighted by Gasteiger charge is 2.23. The molecule has 0 spiro atoms. The third kappa shape index (κ3) is 5.04. The minimum absolute atomic E-state index is 0.234. The second-order valence-electron chi connectivity index (χ2n) is 5.51. The van der Waals surface area contributed by atoms with Crippen LogP contribution in [0.4, 0.5) is 0 Å². The number of nitrogens with one attached hydrogen (secondary N) is 1. The van der Waals surface area contributed by atoms with Crippen LogP contribution < -0.4 is 11.1 Å². The third-order valence-corrected chi connectivity index (χ3v) is 3.55. The summed E-state index contributed by atoms with van der Waals surface area (Å²) >= 11 is 0. The van der Waals surface area contributed by atoms with E-state index in [2.05, 4.69) is 17.3 Å². The van der Waals surface area contributed by atoms with Gasteiger partial charge in [-0.3, -0.25) is 4.79 Å². The molecule has 4 heteroatoms. The van der Waals surface area contributed by atoms with Gasteiger partial charge in [0.1, 0.15) is 0 Å². The Kier molecular flexibility index (Phi) is 5.92. The fraction of sp³-hybridized carbons (Fsp3) is 0.923. The molecular formula is C13H27N3O. The maximum atomic E-state index is 11.4. The van der Waals surface area contributed by atoms with E-state index in [1.165, 1.54) is 32.1 Å². The summed E-state index contributed by atoms with van der Waals surface area (Å²) in [6, 6.07) is 0.675. The number of nitrogens with zero attached hydrogens (tertiary/aromatic N) is 1. The van der Waals surface area contributed by atoms with Crippen molar-refractivity contribution in [1.82, 2.24) is 10.2 Å². The van der Waals surface area contributed by atoms with Crippen LogP contribution in [-0.4, -0.2) is 42.5 Å². The Labute approximate surface area is 105 Å². The highest BCUT2D eigenvalue weighted by Crippen LogP contribution is 2.21. The maximum Gasteiger partial charge on any atom is 0.235 e. The largest absolute Gasteiger partial charge is 0.368 e. The van der Waals surface area contributed by atoms with Crippen molar-refractivity contribution in [2.75, 3.05) is 13.6 Å². The number of nitrogens with two attached hydrogens (primary N) is 1. The van der Waals surface area contributed by atoms with Crippen LogP contribution in [0, 0.1) is 0 Å². The molecule has 0 aromatic carbocycles. The maximum absolute atomic E-state index is 11.4. The molecule has 0 radical (unpaired) electrons. The molecule has 1 unspecified atom stereocenters. The molecule has 0 aromatic heterocycles. The van der Waals surface area contributed by atoms with Crippen molar-refractivity contribution in [2.24, 2.45) is 5.73 Å². The number of carbonyl (C=O) groups excluding carboxylic acids is 1. The first-order valence-electron chi connectivity index (χ1n) is 6.76. The van der Waals surface area contributed by atoms with E-state index in [0.29, 0.717) is 6.04 Å². The molecule has 1 aliphatic rings. The Hall–Kier alpha value is -0.610. The summed E-state index contributed by atoms with van der Waals surface area (Å²) in [5.74, 6) is -0.249. The molecule has 1 amide bonds. The normalized spacial score (nSPS) is 19.8. The average molecular weight is 241 g/mol. The summed E-state index contributed by atoms with van der Waals surface area (Å²) in [6.45, 7) is 4.80. The van der Waals surface area contributed by atoms with Gasteiger partial charge in [-0.25, -0.2) is 0 Å². The van der Waals surface area contributed by atoms with Crippen LogP contribution >= 0.6 is 0 Å². The Morgan fingerprint density at radius 1 is 1.35 bits per heavy atom. The van der Waals surface area contributed by atoms with Crippen molar-refractivity contribution < 1.29 is 4.79 Å². The predicted octanol–water partition coefficient (Wildman–Crippen LogP) is 1.10. The van der Waals surface area contributed by atoms with Crippen LogP contribution in [0.1, 0.15) is 46.0 Å². The zero-order valence-corrected chi connectivity index (χ0v) is 11.4. The molecular weight excluding hydrogens is 214 g/mol.